The van der Waals surface area contributed by atoms with Gasteiger partial charge in [0.25, 0.3) is 5.22 Å². The van der Waals surface area contributed by atoms with E-state index < -0.39 is 0 Å². The van der Waals surface area contributed by atoms with Gasteiger partial charge >= 0.3 is 0 Å². The minimum atomic E-state index is 0.341. The van der Waals surface area contributed by atoms with Gasteiger partial charge in [-0.1, -0.05) is 24.2 Å². The van der Waals surface area contributed by atoms with E-state index in [4.69, 9.17) is 16.0 Å². The highest BCUT2D eigenvalue weighted by Gasteiger charge is 2.07. The second kappa shape index (κ2) is 2.94. The predicted octanol–water partition coefficient (Wildman–Crippen LogP) is 3.53. The first-order valence-corrected chi connectivity index (χ1v) is 4.73. The molecule has 1 aromatic heterocycles. The van der Waals surface area contributed by atoms with Crippen LogP contribution >= 0.6 is 40.2 Å². The van der Waals surface area contributed by atoms with E-state index in [2.05, 4.69) is 33.5 Å². The van der Waals surface area contributed by atoms with Crippen molar-refractivity contribution >= 4 is 51.3 Å². The van der Waals surface area contributed by atoms with Gasteiger partial charge in [-0.15, -0.1) is 0 Å². The zero-order valence-electron chi connectivity index (χ0n) is 5.71. The minimum Gasteiger partial charge on any atom is -0.431 e. The zero-order chi connectivity index (χ0) is 8.72. The molecule has 62 valence electrons. The van der Waals surface area contributed by atoms with Gasteiger partial charge in [-0.25, -0.2) is 4.98 Å². The van der Waals surface area contributed by atoms with Crippen molar-refractivity contribution < 1.29 is 4.42 Å². The van der Waals surface area contributed by atoms with Crippen molar-refractivity contribution in [3.63, 3.8) is 0 Å². The maximum Gasteiger partial charge on any atom is 0.253 e. The number of thiol groups is 1. The topological polar surface area (TPSA) is 26.0 Å². The predicted molar refractivity (Wildman–Crippen MR) is 54.0 cm³/mol. The molecule has 0 unspecified atom stereocenters. The normalized spacial score (nSPS) is 10.9. The molecule has 0 bridgehead atoms. The molecule has 0 saturated heterocycles. The molecule has 1 heterocycles. The lowest BCUT2D eigenvalue weighted by molar-refractivity contribution is 0.492. The van der Waals surface area contributed by atoms with E-state index in [1.807, 2.05) is 0 Å². The molecule has 5 heteroatoms. The lowest BCUT2D eigenvalue weighted by Gasteiger charge is -1.91. The molecule has 0 atom stereocenters. The van der Waals surface area contributed by atoms with Gasteiger partial charge in [0, 0.05) is 15.6 Å². The summed E-state index contributed by atoms with van der Waals surface area (Å²) in [5.74, 6) is 0. The van der Waals surface area contributed by atoms with Crippen LogP contribution < -0.4 is 0 Å². The molecule has 0 fully saturated rings. The lowest BCUT2D eigenvalue weighted by Crippen LogP contribution is -1.71. The van der Waals surface area contributed by atoms with Crippen LogP contribution in [0.1, 0.15) is 0 Å². The summed E-state index contributed by atoms with van der Waals surface area (Å²) >= 11 is 13.1. The summed E-state index contributed by atoms with van der Waals surface area (Å²) in [5, 5.41) is 0.951. The molecular formula is C7H3BrClNOS. The summed E-state index contributed by atoms with van der Waals surface area (Å²) in [4.78, 5) is 4.05. The highest BCUT2D eigenvalue weighted by molar-refractivity contribution is 9.10. The van der Waals surface area contributed by atoms with Crippen LogP contribution in [0.25, 0.3) is 11.1 Å². The van der Waals surface area contributed by atoms with Crippen LogP contribution in [-0.4, -0.2) is 4.98 Å². The highest BCUT2D eigenvalue weighted by atomic mass is 79.9. The Kier molecular flexibility index (Phi) is 2.06. The van der Waals surface area contributed by atoms with Gasteiger partial charge in [-0.05, 0) is 22.0 Å². The van der Waals surface area contributed by atoms with Crippen LogP contribution in [-0.2, 0) is 0 Å². The number of benzene rings is 1. The van der Waals surface area contributed by atoms with E-state index in [1.165, 1.54) is 0 Å². The molecule has 1 aromatic carbocycles. The first-order valence-electron chi connectivity index (χ1n) is 3.11. The van der Waals surface area contributed by atoms with Crippen molar-refractivity contribution in [3.05, 3.63) is 21.6 Å². The van der Waals surface area contributed by atoms with Crippen molar-refractivity contribution in [1.82, 2.24) is 4.98 Å². The Bertz CT molecular complexity index is 442. The third-order valence-electron chi connectivity index (χ3n) is 1.40. The molecule has 0 aliphatic carbocycles. The number of halogens is 2. The van der Waals surface area contributed by atoms with Crippen molar-refractivity contribution in [2.45, 2.75) is 5.22 Å². The van der Waals surface area contributed by atoms with Crippen LogP contribution in [0.4, 0.5) is 0 Å². The van der Waals surface area contributed by atoms with E-state index in [0.29, 0.717) is 15.8 Å². The van der Waals surface area contributed by atoms with Crippen LogP contribution in [0.2, 0.25) is 5.02 Å². The van der Waals surface area contributed by atoms with E-state index in [0.717, 1.165) is 9.99 Å². The molecule has 0 radical (unpaired) electrons. The Morgan fingerprint density at radius 3 is 3.00 bits per heavy atom. The molecule has 0 aliphatic heterocycles. The number of hydrogen-bond donors (Lipinski definition) is 1. The SMILES string of the molecule is Sc1nc2c(Br)cc(Cl)cc2o1. The van der Waals surface area contributed by atoms with Gasteiger partial charge in [0.15, 0.2) is 5.58 Å². The largest absolute Gasteiger partial charge is 0.431 e. The Hall–Kier alpha value is -0.190. The van der Waals surface area contributed by atoms with Crippen LogP contribution in [0.3, 0.4) is 0 Å². The number of nitrogens with zero attached hydrogens (tertiary/aromatic N) is 1. The van der Waals surface area contributed by atoms with Crippen LogP contribution in [0.15, 0.2) is 26.2 Å². The monoisotopic (exact) mass is 263 g/mol. The van der Waals surface area contributed by atoms with Gasteiger partial charge in [0.1, 0.15) is 5.52 Å². The fourth-order valence-electron chi connectivity index (χ4n) is 0.945. The van der Waals surface area contributed by atoms with Crippen molar-refractivity contribution in [2.75, 3.05) is 0 Å². The fourth-order valence-corrected chi connectivity index (χ4v) is 2.01. The molecule has 0 spiro atoms. The molecule has 0 N–H and O–H groups in total. The zero-order valence-corrected chi connectivity index (χ0v) is 8.95. The standard InChI is InChI=1S/C7H3BrClNOS/c8-4-1-3(9)2-5-6(4)10-7(12)11-5/h1-2H,(H,10,12). The third kappa shape index (κ3) is 1.34. The van der Waals surface area contributed by atoms with Crippen LogP contribution in [0, 0.1) is 0 Å². The van der Waals surface area contributed by atoms with E-state index in [9.17, 15) is 0 Å². The summed E-state index contributed by atoms with van der Waals surface area (Å²) in [7, 11) is 0. The molecule has 2 rings (SSSR count). The van der Waals surface area contributed by atoms with Gasteiger partial charge in [-0.2, -0.15) is 0 Å². The molecule has 0 saturated carbocycles. The third-order valence-corrected chi connectivity index (χ3v) is 2.42. The number of fused-ring (bicyclic) bond motifs is 1. The number of oxazole rings is 1. The maximum absolute atomic E-state index is 5.79. The summed E-state index contributed by atoms with van der Waals surface area (Å²) in [6, 6.07) is 3.47. The van der Waals surface area contributed by atoms with E-state index >= 15 is 0 Å². The summed E-state index contributed by atoms with van der Waals surface area (Å²) < 4.78 is 5.98. The first-order chi connectivity index (χ1) is 5.66. The Balaban J connectivity index is 2.88. The number of hydrogen-bond acceptors (Lipinski definition) is 3. The first kappa shape index (κ1) is 8.41. The Morgan fingerprint density at radius 1 is 1.50 bits per heavy atom. The van der Waals surface area contributed by atoms with Crippen molar-refractivity contribution in [1.29, 1.82) is 0 Å². The van der Waals surface area contributed by atoms with Gasteiger partial charge in [0.05, 0.1) is 0 Å². The molecular weight excluding hydrogens is 262 g/mol. The summed E-state index contributed by atoms with van der Waals surface area (Å²) in [6.07, 6.45) is 0. The summed E-state index contributed by atoms with van der Waals surface area (Å²) in [6.45, 7) is 0. The van der Waals surface area contributed by atoms with Gasteiger partial charge in [-0.3, -0.25) is 0 Å². The van der Waals surface area contributed by atoms with Gasteiger partial charge < -0.3 is 4.42 Å². The molecule has 0 amide bonds. The average Bonchev–Trinajstić information content (AvgIpc) is 2.29. The van der Waals surface area contributed by atoms with Crippen LogP contribution in [0.5, 0.6) is 0 Å². The molecule has 2 aromatic rings. The fraction of sp³-hybridized carbons (Fsp3) is 0. The highest BCUT2D eigenvalue weighted by Crippen LogP contribution is 2.28. The smallest absolute Gasteiger partial charge is 0.253 e. The molecule has 12 heavy (non-hydrogen) atoms. The van der Waals surface area contributed by atoms with E-state index in [-0.39, 0.29) is 0 Å². The second-order valence-corrected chi connectivity index (χ2v) is 3.90. The van der Waals surface area contributed by atoms with Crippen molar-refractivity contribution in [3.8, 4) is 0 Å². The average molecular weight is 265 g/mol. The lowest BCUT2D eigenvalue weighted by atomic mass is 10.3. The minimum absolute atomic E-state index is 0.341. The summed E-state index contributed by atoms with van der Waals surface area (Å²) in [5.41, 5.74) is 1.38. The maximum atomic E-state index is 5.79. The Morgan fingerprint density at radius 2 is 2.25 bits per heavy atom. The van der Waals surface area contributed by atoms with Gasteiger partial charge in [0.2, 0.25) is 0 Å². The quantitative estimate of drug-likeness (QED) is 0.737. The Labute approximate surface area is 87.5 Å². The molecule has 0 aliphatic rings. The van der Waals surface area contributed by atoms with Crippen molar-refractivity contribution in [2.24, 2.45) is 0 Å². The second-order valence-electron chi connectivity index (χ2n) is 2.23. The number of rotatable bonds is 0. The number of aromatic nitrogens is 1. The van der Waals surface area contributed by atoms with E-state index in [1.54, 1.807) is 12.1 Å². The molecule has 2 nitrogen and oxygen atoms in total.